The molecule has 1 radical (unpaired) electrons. The minimum Gasteiger partial charge on any atom is -0.512 e. The second-order valence-electron chi connectivity index (χ2n) is 9.94. The molecule has 3 aromatic heterocycles. The molecule has 0 spiro atoms. The number of nitrogens with zero attached hydrogens (tertiary/aromatic N) is 1. The van der Waals surface area contributed by atoms with Crippen LogP contribution in [0.15, 0.2) is 72.6 Å². The van der Waals surface area contributed by atoms with E-state index in [1.165, 1.54) is 46.4 Å². The summed E-state index contributed by atoms with van der Waals surface area (Å²) in [6, 6.07) is 22.9. The number of hydrogen-bond acceptors (Lipinski definition) is 5. The van der Waals surface area contributed by atoms with Gasteiger partial charge in [-0.05, 0) is 59.5 Å². The van der Waals surface area contributed by atoms with Crippen LogP contribution in [0.25, 0.3) is 51.2 Å². The van der Waals surface area contributed by atoms with Crippen molar-refractivity contribution in [2.45, 2.75) is 53.4 Å². The summed E-state index contributed by atoms with van der Waals surface area (Å²) in [7, 11) is 0. The molecule has 1 N–H and O–H groups in total. The third kappa shape index (κ3) is 5.73. The Kier molecular flexibility index (Phi) is 10.1. The molecule has 0 bridgehead atoms. The van der Waals surface area contributed by atoms with E-state index in [1.54, 1.807) is 0 Å². The van der Waals surface area contributed by atoms with Gasteiger partial charge in [0.2, 0.25) is 0 Å². The number of aliphatic hydroxyl groups excluding tert-OH is 1. The molecule has 0 atom stereocenters. The maximum Gasteiger partial charge on any atom is 0.162 e. The number of hydrogen-bond donors (Lipinski definition) is 1. The number of thiophene rings is 1. The third-order valence-electron chi connectivity index (χ3n) is 7.71. The van der Waals surface area contributed by atoms with Gasteiger partial charge in [-0.25, -0.2) is 0 Å². The van der Waals surface area contributed by atoms with E-state index in [2.05, 4.69) is 60.7 Å². The average molecular weight is 745 g/mol. The Balaban J connectivity index is 0.000000204. The van der Waals surface area contributed by atoms with Gasteiger partial charge in [0.25, 0.3) is 0 Å². The standard InChI is InChI=1S/C21H10NS2.C13H24O2.Ir/c1-2-5-13-12(4-1)8-9-14-20-19-17(10-11-22-20)23-15-6-3-7-16(18(15)19)24-21(13)14;1-5-10(6-2)12(14)9-13(15)11(7-3)8-4;/h1-8,10-11H;9-11,14H,5-8H2,1-4H3;/q-1;;/b;12-9-;. The zero-order valence-corrected chi connectivity index (χ0v) is 27.3. The van der Waals surface area contributed by atoms with Crippen molar-refractivity contribution in [3.05, 3.63) is 78.7 Å². The van der Waals surface area contributed by atoms with Gasteiger partial charge in [0, 0.05) is 63.7 Å². The maximum atomic E-state index is 11.7. The van der Waals surface area contributed by atoms with Crippen LogP contribution >= 0.6 is 22.7 Å². The molecule has 3 aromatic carbocycles. The molecule has 0 saturated heterocycles. The Morgan fingerprint density at radius 1 is 0.875 bits per heavy atom. The summed E-state index contributed by atoms with van der Waals surface area (Å²) in [5.74, 6) is 0.547. The van der Waals surface area contributed by atoms with Gasteiger partial charge in [0.15, 0.2) is 5.78 Å². The molecular formula is C34H34IrNO2S2-. The van der Waals surface area contributed by atoms with Crippen LogP contribution in [0.1, 0.15) is 53.4 Å². The smallest absolute Gasteiger partial charge is 0.162 e. The number of carbonyl (C=O) groups is 1. The Bertz CT molecular complexity index is 1810. The van der Waals surface area contributed by atoms with Crippen LogP contribution in [0.2, 0.25) is 0 Å². The first-order valence-electron chi connectivity index (χ1n) is 13.9. The van der Waals surface area contributed by atoms with Crippen LogP contribution in [0.4, 0.5) is 0 Å². The summed E-state index contributed by atoms with van der Waals surface area (Å²) in [6.45, 7) is 8.07. The fraction of sp³-hybridized carbons (Fsp3) is 0.294. The number of allylic oxidation sites excluding steroid dienone is 2. The van der Waals surface area contributed by atoms with E-state index in [9.17, 15) is 9.90 Å². The Morgan fingerprint density at radius 2 is 1.52 bits per heavy atom. The topological polar surface area (TPSA) is 50.2 Å². The number of carbonyl (C=O) groups excluding carboxylic acids is 1. The second kappa shape index (κ2) is 13.4. The number of ketones is 1. The molecule has 0 aliphatic carbocycles. The summed E-state index contributed by atoms with van der Waals surface area (Å²) in [5, 5.41) is 16.0. The minimum atomic E-state index is 0. The third-order valence-corrected chi connectivity index (χ3v) is 10.0. The molecule has 209 valence electrons. The van der Waals surface area contributed by atoms with Crippen molar-refractivity contribution >= 4 is 79.7 Å². The molecule has 3 nitrogen and oxygen atoms in total. The number of fused-ring (bicyclic) bond motifs is 4. The quantitative estimate of drug-likeness (QED) is 0.101. The molecule has 0 saturated carbocycles. The fourth-order valence-corrected chi connectivity index (χ4v) is 7.78. The predicted molar refractivity (Wildman–Crippen MR) is 170 cm³/mol. The van der Waals surface area contributed by atoms with E-state index in [4.69, 9.17) is 4.98 Å². The molecular weight excluding hydrogens is 711 g/mol. The predicted octanol–water partition coefficient (Wildman–Crippen LogP) is 10.6. The summed E-state index contributed by atoms with van der Waals surface area (Å²) >= 11 is 3.70. The largest absolute Gasteiger partial charge is 0.512 e. The molecule has 6 rings (SSSR count). The van der Waals surface area contributed by atoms with Gasteiger partial charge in [-0.2, -0.15) is 11.3 Å². The van der Waals surface area contributed by atoms with Crippen LogP contribution in [-0.2, 0) is 24.9 Å². The normalized spacial score (nSPS) is 12.0. The maximum absolute atomic E-state index is 11.7. The summed E-state index contributed by atoms with van der Waals surface area (Å²) in [4.78, 5) is 16.5. The van der Waals surface area contributed by atoms with Gasteiger partial charge in [0.1, 0.15) is 0 Å². The van der Waals surface area contributed by atoms with Crippen molar-refractivity contribution < 1.29 is 30.0 Å². The molecule has 6 heteroatoms. The molecule has 0 aliphatic heterocycles. The van der Waals surface area contributed by atoms with Crippen molar-refractivity contribution in [3.63, 3.8) is 0 Å². The Morgan fingerprint density at radius 3 is 2.23 bits per heavy atom. The van der Waals surface area contributed by atoms with Crippen LogP contribution in [0.5, 0.6) is 0 Å². The van der Waals surface area contributed by atoms with Gasteiger partial charge in [0.05, 0.1) is 5.76 Å². The monoisotopic (exact) mass is 745 g/mol. The van der Waals surface area contributed by atoms with Gasteiger partial charge >= 0.3 is 0 Å². The van der Waals surface area contributed by atoms with Gasteiger partial charge in [-0.15, -0.1) is 28.9 Å². The first-order chi connectivity index (χ1) is 19.0. The first-order valence-corrected chi connectivity index (χ1v) is 15.5. The van der Waals surface area contributed by atoms with E-state index in [-0.39, 0.29) is 43.5 Å². The molecule has 0 amide bonds. The number of benzene rings is 3. The Hall–Kier alpha value is -2.63. The van der Waals surface area contributed by atoms with Crippen LogP contribution in [-0.4, -0.2) is 15.9 Å². The average Bonchev–Trinajstić information content (AvgIpc) is 3.27. The second-order valence-corrected chi connectivity index (χ2v) is 12.1. The van der Waals surface area contributed by atoms with Gasteiger partial charge in [-0.3, -0.25) is 4.79 Å². The molecule has 0 fully saturated rings. The molecule has 6 aromatic rings. The molecule has 0 aliphatic rings. The van der Waals surface area contributed by atoms with E-state index >= 15 is 0 Å². The van der Waals surface area contributed by atoms with Crippen molar-refractivity contribution in [2.24, 2.45) is 11.8 Å². The zero-order valence-electron chi connectivity index (χ0n) is 23.3. The summed E-state index contributed by atoms with van der Waals surface area (Å²) in [5.41, 5.74) is 1.07. The van der Waals surface area contributed by atoms with Crippen molar-refractivity contribution in [2.75, 3.05) is 0 Å². The summed E-state index contributed by atoms with van der Waals surface area (Å²) < 4.78 is 5.22. The number of pyridine rings is 1. The Labute approximate surface area is 257 Å². The summed E-state index contributed by atoms with van der Waals surface area (Å²) in [6.07, 6.45) is 6.83. The van der Waals surface area contributed by atoms with Crippen LogP contribution in [0, 0.1) is 17.9 Å². The molecule has 40 heavy (non-hydrogen) atoms. The number of rotatable bonds is 7. The van der Waals surface area contributed by atoms with E-state index in [0.717, 1.165) is 36.6 Å². The SMILES string of the molecule is CCC(CC)C(=O)/C=C(\O)C(CC)CC.[Ir].[c-]1cc2ccccc2c2sc3cccc4sc5ccnc(c12)c5c43. The van der Waals surface area contributed by atoms with Crippen molar-refractivity contribution in [1.82, 2.24) is 4.98 Å². The number of aromatic nitrogens is 1. The van der Waals surface area contributed by atoms with E-state index in [1.807, 2.05) is 56.6 Å². The van der Waals surface area contributed by atoms with Gasteiger partial charge < -0.3 is 10.1 Å². The van der Waals surface area contributed by atoms with E-state index < -0.39 is 0 Å². The fourth-order valence-electron chi connectivity index (χ4n) is 5.36. The minimum absolute atomic E-state index is 0. The van der Waals surface area contributed by atoms with Gasteiger partial charge in [-0.1, -0.05) is 68.8 Å². The van der Waals surface area contributed by atoms with E-state index in [0.29, 0.717) is 0 Å². The first kappa shape index (κ1) is 30.3. The van der Waals surface area contributed by atoms with Crippen molar-refractivity contribution in [1.29, 1.82) is 0 Å². The van der Waals surface area contributed by atoms with Crippen molar-refractivity contribution in [3.8, 4) is 0 Å². The van der Waals surface area contributed by atoms with Crippen LogP contribution < -0.4 is 0 Å². The molecule has 3 heterocycles. The zero-order chi connectivity index (χ0) is 27.5. The number of aliphatic hydroxyl groups is 1. The van der Waals surface area contributed by atoms with Crippen LogP contribution in [0.3, 0.4) is 0 Å². The molecule has 0 unspecified atom stereocenters.